The molecule has 0 aromatic rings. The van der Waals surface area contributed by atoms with Crippen molar-refractivity contribution in [3.05, 3.63) is 0 Å². The van der Waals surface area contributed by atoms with E-state index >= 15 is 0 Å². The largest absolute Gasteiger partial charge is 0.409 e. The molecule has 0 spiro atoms. The molecule has 1 fully saturated rings. The van der Waals surface area contributed by atoms with Gasteiger partial charge in [0.05, 0.1) is 13.2 Å². The molecule has 5 nitrogen and oxygen atoms in total. The second-order valence-electron chi connectivity index (χ2n) is 4.93. The smallest absolute Gasteiger partial charge is 0.144 e. The lowest BCUT2D eigenvalue weighted by Crippen LogP contribution is -2.38. The fraction of sp³-hybridized carbons (Fsp3) is 0.909. The van der Waals surface area contributed by atoms with E-state index in [-0.39, 0.29) is 5.41 Å². The molecule has 16 heavy (non-hydrogen) atoms. The van der Waals surface area contributed by atoms with Gasteiger partial charge in [-0.3, -0.25) is 4.90 Å². The van der Waals surface area contributed by atoms with E-state index in [9.17, 15) is 0 Å². The van der Waals surface area contributed by atoms with Gasteiger partial charge >= 0.3 is 0 Å². The van der Waals surface area contributed by atoms with Crippen LogP contribution in [0.3, 0.4) is 0 Å². The van der Waals surface area contributed by atoms with E-state index in [1.807, 2.05) is 13.8 Å². The maximum atomic E-state index is 8.65. The van der Waals surface area contributed by atoms with Crippen LogP contribution in [0.15, 0.2) is 5.16 Å². The van der Waals surface area contributed by atoms with E-state index in [0.717, 1.165) is 45.7 Å². The number of morpholine rings is 1. The minimum atomic E-state index is -0.221. The Bertz CT molecular complexity index is 235. The molecule has 0 bridgehead atoms. The van der Waals surface area contributed by atoms with Crippen molar-refractivity contribution in [1.82, 2.24) is 4.90 Å². The van der Waals surface area contributed by atoms with E-state index in [1.54, 1.807) is 0 Å². The maximum absolute atomic E-state index is 8.65. The zero-order valence-corrected chi connectivity index (χ0v) is 10.3. The van der Waals surface area contributed by atoms with E-state index in [0.29, 0.717) is 5.84 Å². The highest BCUT2D eigenvalue weighted by molar-refractivity contribution is 5.85. The highest BCUT2D eigenvalue weighted by Crippen LogP contribution is 2.22. The highest BCUT2D eigenvalue weighted by Gasteiger charge is 2.23. The highest BCUT2D eigenvalue weighted by atomic mass is 16.5. The maximum Gasteiger partial charge on any atom is 0.144 e. The van der Waals surface area contributed by atoms with Gasteiger partial charge in [-0.05, 0) is 19.4 Å². The summed E-state index contributed by atoms with van der Waals surface area (Å²) in [6.07, 6.45) is 1.99. The summed E-state index contributed by atoms with van der Waals surface area (Å²) in [5.41, 5.74) is 5.42. The quantitative estimate of drug-likeness (QED) is 0.317. The molecular weight excluding hydrogens is 206 g/mol. The number of hydrogen-bond donors (Lipinski definition) is 2. The Labute approximate surface area is 97.2 Å². The van der Waals surface area contributed by atoms with Crippen LogP contribution < -0.4 is 5.73 Å². The van der Waals surface area contributed by atoms with Crippen molar-refractivity contribution in [3.8, 4) is 0 Å². The molecule has 0 radical (unpaired) electrons. The van der Waals surface area contributed by atoms with Crippen LogP contribution in [0.2, 0.25) is 0 Å². The molecule has 0 amide bonds. The lowest BCUT2D eigenvalue weighted by molar-refractivity contribution is 0.0365. The molecule has 0 unspecified atom stereocenters. The van der Waals surface area contributed by atoms with Gasteiger partial charge in [-0.1, -0.05) is 19.0 Å². The molecule has 0 aromatic heterocycles. The summed E-state index contributed by atoms with van der Waals surface area (Å²) in [5.74, 6) is 0.314. The Morgan fingerprint density at radius 1 is 1.44 bits per heavy atom. The van der Waals surface area contributed by atoms with Gasteiger partial charge in [-0.15, -0.1) is 0 Å². The number of amidine groups is 1. The zero-order chi connectivity index (χ0) is 12.0. The lowest BCUT2D eigenvalue weighted by atomic mass is 9.86. The average molecular weight is 229 g/mol. The summed E-state index contributed by atoms with van der Waals surface area (Å²) in [6, 6.07) is 0. The first kappa shape index (κ1) is 13.3. The Hall–Kier alpha value is -0.810. The van der Waals surface area contributed by atoms with Crippen LogP contribution in [0.4, 0.5) is 0 Å². The van der Waals surface area contributed by atoms with Gasteiger partial charge in [0.15, 0.2) is 0 Å². The molecule has 1 rings (SSSR count). The monoisotopic (exact) mass is 229 g/mol. The topological polar surface area (TPSA) is 71.1 Å². The summed E-state index contributed by atoms with van der Waals surface area (Å²) < 4.78 is 5.29. The van der Waals surface area contributed by atoms with Crippen LogP contribution in [0, 0.1) is 5.41 Å². The van der Waals surface area contributed by atoms with Crippen molar-refractivity contribution in [2.45, 2.75) is 26.7 Å². The van der Waals surface area contributed by atoms with Crippen LogP contribution in [0.5, 0.6) is 0 Å². The van der Waals surface area contributed by atoms with Crippen LogP contribution in [0.1, 0.15) is 26.7 Å². The van der Waals surface area contributed by atoms with Crippen molar-refractivity contribution in [2.24, 2.45) is 16.3 Å². The van der Waals surface area contributed by atoms with Gasteiger partial charge in [0.1, 0.15) is 5.84 Å². The number of ether oxygens (including phenoxy) is 1. The minimum absolute atomic E-state index is 0.221. The number of hydrogen-bond acceptors (Lipinski definition) is 4. The third-order valence-electron chi connectivity index (χ3n) is 3.18. The summed E-state index contributed by atoms with van der Waals surface area (Å²) >= 11 is 0. The van der Waals surface area contributed by atoms with E-state index in [1.165, 1.54) is 0 Å². The van der Waals surface area contributed by atoms with Crippen LogP contribution in [-0.4, -0.2) is 48.8 Å². The molecule has 0 saturated carbocycles. The van der Waals surface area contributed by atoms with Crippen molar-refractivity contribution < 1.29 is 9.94 Å². The fourth-order valence-electron chi connectivity index (χ4n) is 1.83. The minimum Gasteiger partial charge on any atom is -0.409 e. The van der Waals surface area contributed by atoms with Gasteiger partial charge in [0, 0.05) is 18.5 Å². The first-order valence-electron chi connectivity index (χ1n) is 5.84. The standard InChI is InChI=1S/C11H23N3O2/c1-11(2,10(12)13-15)4-3-5-14-6-8-16-9-7-14/h15H,3-9H2,1-2H3,(H2,12,13). The second-order valence-corrected chi connectivity index (χ2v) is 4.93. The fourth-order valence-corrected chi connectivity index (χ4v) is 1.83. The van der Waals surface area contributed by atoms with Gasteiger partial charge in [0.25, 0.3) is 0 Å². The first-order chi connectivity index (χ1) is 7.56. The average Bonchev–Trinajstić information content (AvgIpc) is 2.29. The van der Waals surface area contributed by atoms with Gasteiger partial charge < -0.3 is 15.7 Å². The SMILES string of the molecule is CC(C)(CCCN1CCOCC1)C(N)=NO. The van der Waals surface area contributed by atoms with Crippen molar-refractivity contribution >= 4 is 5.84 Å². The van der Waals surface area contributed by atoms with Crippen molar-refractivity contribution in [2.75, 3.05) is 32.8 Å². The molecule has 0 atom stereocenters. The molecule has 1 heterocycles. The molecule has 1 aliphatic heterocycles. The summed E-state index contributed by atoms with van der Waals surface area (Å²) in [6.45, 7) is 8.77. The molecule has 1 saturated heterocycles. The Morgan fingerprint density at radius 2 is 2.06 bits per heavy atom. The molecule has 94 valence electrons. The van der Waals surface area contributed by atoms with Gasteiger partial charge in [-0.2, -0.15) is 0 Å². The summed E-state index contributed by atoms with van der Waals surface area (Å²) in [5, 5.41) is 11.7. The van der Waals surface area contributed by atoms with Gasteiger partial charge in [0.2, 0.25) is 0 Å². The normalized spacial score (nSPS) is 20.0. The van der Waals surface area contributed by atoms with E-state index < -0.39 is 0 Å². The Kier molecular flexibility index (Phi) is 5.02. The lowest BCUT2D eigenvalue weighted by Gasteiger charge is -2.28. The van der Waals surface area contributed by atoms with Crippen LogP contribution in [0.25, 0.3) is 0 Å². The Balaban J connectivity index is 2.23. The predicted octanol–water partition coefficient (Wildman–Crippen LogP) is 0.871. The number of nitrogens with two attached hydrogens (primary N) is 1. The summed E-state index contributed by atoms with van der Waals surface area (Å²) in [4.78, 5) is 2.39. The molecule has 0 aromatic carbocycles. The van der Waals surface area contributed by atoms with Crippen LogP contribution in [-0.2, 0) is 4.74 Å². The molecule has 1 aliphatic rings. The van der Waals surface area contributed by atoms with Gasteiger partial charge in [-0.25, -0.2) is 0 Å². The second kappa shape index (κ2) is 6.06. The summed E-state index contributed by atoms with van der Waals surface area (Å²) in [7, 11) is 0. The predicted molar refractivity (Wildman–Crippen MR) is 63.7 cm³/mol. The molecule has 0 aliphatic carbocycles. The molecular formula is C11H23N3O2. The first-order valence-corrected chi connectivity index (χ1v) is 5.84. The Morgan fingerprint density at radius 3 is 2.62 bits per heavy atom. The number of oxime groups is 1. The molecule has 3 N–H and O–H groups in total. The third kappa shape index (κ3) is 3.98. The van der Waals surface area contributed by atoms with Crippen molar-refractivity contribution in [1.29, 1.82) is 0 Å². The van der Waals surface area contributed by atoms with E-state index in [2.05, 4.69) is 10.1 Å². The van der Waals surface area contributed by atoms with Crippen molar-refractivity contribution in [3.63, 3.8) is 0 Å². The zero-order valence-electron chi connectivity index (χ0n) is 10.3. The number of rotatable bonds is 5. The molecule has 5 heteroatoms. The van der Waals surface area contributed by atoms with E-state index in [4.69, 9.17) is 15.7 Å². The third-order valence-corrected chi connectivity index (χ3v) is 3.18. The number of nitrogens with zero attached hydrogens (tertiary/aromatic N) is 2. The van der Waals surface area contributed by atoms with Crippen LogP contribution >= 0.6 is 0 Å².